The topological polar surface area (TPSA) is 129 Å². The number of nitrogens with zero attached hydrogens (tertiary/aromatic N) is 4. The molecule has 0 radical (unpaired) electrons. The molecule has 22 heavy (non-hydrogen) atoms. The van der Waals surface area contributed by atoms with Gasteiger partial charge in [-0.3, -0.25) is 14.9 Å². The van der Waals surface area contributed by atoms with Gasteiger partial charge in [-0.25, -0.2) is 4.68 Å². The highest BCUT2D eigenvalue weighted by atomic mass is 35.5. The number of nitrogens with one attached hydrogen (secondary N) is 1. The number of rotatable bonds is 5. The molecule has 1 heterocycles. The maximum Gasteiger partial charge on any atom is 0.273 e. The van der Waals surface area contributed by atoms with E-state index < -0.39 is 10.8 Å². The number of nitro groups is 1. The molecule has 118 valence electrons. The zero-order chi connectivity index (χ0) is 15.4. The lowest BCUT2D eigenvalue weighted by molar-refractivity contribution is -0.384. The Morgan fingerprint density at radius 2 is 2.27 bits per heavy atom. The van der Waals surface area contributed by atoms with Crippen molar-refractivity contribution in [3.8, 4) is 5.69 Å². The quantitative estimate of drug-likeness (QED) is 0.613. The Morgan fingerprint density at radius 1 is 1.55 bits per heavy atom. The third-order valence-electron chi connectivity index (χ3n) is 2.76. The minimum atomic E-state index is -0.503. The molecule has 0 fully saturated rings. The second-order valence-corrected chi connectivity index (χ2v) is 4.44. The van der Waals surface area contributed by atoms with Gasteiger partial charge in [0.25, 0.3) is 11.6 Å². The van der Waals surface area contributed by atoms with E-state index in [0.29, 0.717) is 12.2 Å². The number of carbonyl (C=O) groups is 1. The van der Waals surface area contributed by atoms with Crippen LogP contribution in [0.25, 0.3) is 5.69 Å². The number of aromatic nitrogens is 3. The van der Waals surface area contributed by atoms with Crippen molar-refractivity contribution < 1.29 is 9.72 Å². The Morgan fingerprint density at radius 3 is 2.91 bits per heavy atom. The molecular formula is C12H15ClN6O3. The molecular weight excluding hydrogens is 312 g/mol. The molecule has 9 nitrogen and oxygen atoms in total. The molecule has 1 aromatic heterocycles. The van der Waals surface area contributed by atoms with E-state index in [9.17, 15) is 14.9 Å². The second kappa shape index (κ2) is 7.48. The largest absolute Gasteiger partial charge is 0.347 e. The number of carbonyl (C=O) groups excluding carboxylic acids is 1. The van der Waals surface area contributed by atoms with Gasteiger partial charge in [0.05, 0.1) is 16.8 Å². The van der Waals surface area contributed by atoms with Crippen molar-refractivity contribution in [1.82, 2.24) is 20.3 Å². The average molecular weight is 327 g/mol. The van der Waals surface area contributed by atoms with E-state index in [4.69, 9.17) is 5.73 Å². The van der Waals surface area contributed by atoms with Gasteiger partial charge in [0.2, 0.25) is 0 Å². The SMILES string of the molecule is C[C@@H](CN)NC(=O)c1cn(-c2cccc([N+](=O)[O-])c2)nn1.Cl. The number of nitrogens with two attached hydrogens (primary N) is 1. The van der Waals surface area contributed by atoms with E-state index in [2.05, 4.69) is 15.6 Å². The molecule has 10 heteroatoms. The maximum atomic E-state index is 11.8. The van der Waals surface area contributed by atoms with Crippen LogP contribution in [0.2, 0.25) is 0 Å². The summed E-state index contributed by atoms with van der Waals surface area (Å²) in [5, 5.41) is 20.9. The first-order chi connectivity index (χ1) is 10.0. The third-order valence-corrected chi connectivity index (χ3v) is 2.76. The molecule has 0 aliphatic rings. The summed E-state index contributed by atoms with van der Waals surface area (Å²) in [6, 6.07) is 5.70. The zero-order valence-electron chi connectivity index (χ0n) is 11.7. The lowest BCUT2D eigenvalue weighted by Crippen LogP contribution is -2.37. The van der Waals surface area contributed by atoms with Gasteiger partial charge in [0.15, 0.2) is 5.69 Å². The summed E-state index contributed by atoms with van der Waals surface area (Å²) in [5.74, 6) is -0.398. The number of amides is 1. The van der Waals surface area contributed by atoms with Crippen LogP contribution in [0.3, 0.4) is 0 Å². The monoisotopic (exact) mass is 326 g/mol. The van der Waals surface area contributed by atoms with Crippen LogP contribution in [0.5, 0.6) is 0 Å². The lowest BCUT2D eigenvalue weighted by atomic mass is 10.3. The van der Waals surface area contributed by atoms with Crippen LogP contribution in [0, 0.1) is 10.1 Å². The van der Waals surface area contributed by atoms with Crippen LogP contribution < -0.4 is 11.1 Å². The number of non-ortho nitro benzene ring substituents is 1. The predicted molar refractivity (Wildman–Crippen MR) is 81.2 cm³/mol. The summed E-state index contributed by atoms with van der Waals surface area (Å²) in [6.45, 7) is 2.08. The number of nitro benzene ring substituents is 1. The second-order valence-electron chi connectivity index (χ2n) is 4.44. The molecule has 0 aliphatic heterocycles. The highest BCUT2D eigenvalue weighted by Gasteiger charge is 2.14. The van der Waals surface area contributed by atoms with Crippen LogP contribution in [-0.4, -0.2) is 38.4 Å². The molecule has 3 N–H and O–H groups in total. The Kier molecular flexibility index (Phi) is 5.96. The van der Waals surface area contributed by atoms with Gasteiger partial charge in [-0.05, 0) is 13.0 Å². The van der Waals surface area contributed by atoms with Gasteiger partial charge >= 0.3 is 0 Å². The summed E-state index contributed by atoms with van der Waals surface area (Å²) in [4.78, 5) is 22.1. The molecule has 0 saturated heterocycles. The molecule has 0 saturated carbocycles. The summed E-state index contributed by atoms with van der Waals surface area (Å²) in [5.41, 5.74) is 5.92. The van der Waals surface area contributed by atoms with Gasteiger partial charge < -0.3 is 11.1 Å². The molecule has 0 spiro atoms. The van der Waals surface area contributed by atoms with Gasteiger partial charge in [-0.15, -0.1) is 17.5 Å². The standard InChI is InChI=1S/C12H14N6O3.ClH/c1-8(6-13)14-12(19)11-7-17(16-15-11)9-3-2-4-10(5-9)18(20)21;/h2-5,7-8H,6,13H2,1H3,(H,14,19);1H/t8-;/m0./s1. The minimum Gasteiger partial charge on any atom is -0.347 e. The molecule has 0 aliphatic carbocycles. The number of hydrogen-bond donors (Lipinski definition) is 2. The summed E-state index contributed by atoms with van der Waals surface area (Å²) in [7, 11) is 0. The third kappa shape index (κ3) is 3.99. The van der Waals surface area contributed by atoms with Gasteiger partial charge in [-0.2, -0.15) is 0 Å². The average Bonchev–Trinajstić information content (AvgIpc) is 2.97. The van der Waals surface area contributed by atoms with Gasteiger partial charge in [-0.1, -0.05) is 11.3 Å². The van der Waals surface area contributed by atoms with Crippen molar-refractivity contribution in [3.63, 3.8) is 0 Å². The molecule has 2 aromatic rings. The highest BCUT2D eigenvalue weighted by Crippen LogP contribution is 2.15. The fourth-order valence-electron chi connectivity index (χ4n) is 1.60. The Balaban J connectivity index is 0.00000242. The summed E-state index contributed by atoms with van der Waals surface area (Å²) in [6.07, 6.45) is 1.40. The number of hydrogen-bond acceptors (Lipinski definition) is 6. The van der Waals surface area contributed by atoms with Crippen LogP contribution in [0.15, 0.2) is 30.5 Å². The van der Waals surface area contributed by atoms with E-state index in [0.717, 1.165) is 0 Å². The van der Waals surface area contributed by atoms with Crippen molar-refractivity contribution in [1.29, 1.82) is 0 Å². The van der Waals surface area contributed by atoms with Crippen molar-refractivity contribution in [2.24, 2.45) is 5.73 Å². The Bertz CT molecular complexity index is 674. The van der Waals surface area contributed by atoms with E-state index in [1.807, 2.05) is 0 Å². The Hall–Kier alpha value is -2.52. The Labute approximate surface area is 132 Å². The first kappa shape index (κ1) is 17.5. The van der Waals surface area contributed by atoms with Crippen LogP contribution in [0.4, 0.5) is 5.69 Å². The smallest absolute Gasteiger partial charge is 0.273 e. The summed E-state index contributed by atoms with van der Waals surface area (Å²) < 4.78 is 1.30. The van der Waals surface area contributed by atoms with Crippen molar-refractivity contribution in [3.05, 3.63) is 46.3 Å². The molecule has 0 unspecified atom stereocenters. The predicted octanol–water partition coefficient (Wildman–Crippen LogP) is 0.674. The fraction of sp³-hybridized carbons (Fsp3) is 0.250. The minimum absolute atomic E-state index is 0. The number of benzene rings is 1. The first-order valence-electron chi connectivity index (χ1n) is 6.19. The van der Waals surface area contributed by atoms with E-state index in [1.165, 1.54) is 29.1 Å². The van der Waals surface area contributed by atoms with Crippen molar-refractivity contribution in [2.45, 2.75) is 13.0 Å². The fourth-order valence-corrected chi connectivity index (χ4v) is 1.60. The van der Waals surface area contributed by atoms with Crippen LogP contribution >= 0.6 is 12.4 Å². The van der Waals surface area contributed by atoms with Gasteiger partial charge in [0, 0.05) is 24.7 Å². The normalized spacial score (nSPS) is 11.4. The van der Waals surface area contributed by atoms with Crippen LogP contribution in [-0.2, 0) is 0 Å². The van der Waals surface area contributed by atoms with E-state index in [-0.39, 0.29) is 29.8 Å². The summed E-state index contributed by atoms with van der Waals surface area (Å²) >= 11 is 0. The molecule has 0 bridgehead atoms. The van der Waals surface area contributed by atoms with Crippen molar-refractivity contribution >= 4 is 24.0 Å². The molecule has 1 aromatic carbocycles. The van der Waals surface area contributed by atoms with Crippen molar-refractivity contribution in [2.75, 3.05) is 6.54 Å². The zero-order valence-corrected chi connectivity index (χ0v) is 12.5. The molecule has 1 amide bonds. The van der Waals surface area contributed by atoms with Crippen LogP contribution in [0.1, 0.15) is 17.4 Å². The maximum absolute atomic E-state index is 11.8. The van der Waals surface area contributed by atoms with E-state index >= 15 is 0 Å². The highest BCUT2D eigenvalue weighted by molar-refractivity contribution is 5.92. The lowest BCUT2D eigenvalue weighted by Gasteiger charge is -2.08. The first-order valence-corrected chi connectivity index (χ1v) is 6.19. The number of halogens is 1. The molecule has 1 atom stereocenters. The molecule has 2 rings (SSSR count). The van der Waals surface area contributed by atoms with Gasteiger partial charge in [0.1, 0.15) is 0 Å². The van der Waals surface area contributed by atoms with E-state index in [1.54, 1.807) is 13.0 Å².